The number of alkyl halides is 3. The third kappa shape index (κ3) is 3.95. The fourth-order valence-electron chi connectivity index (χ4n) is 2.45. The molecule has 0 bridgehead atoms. The second kappa shape index (κ2) is 5.93. The molecule has 0 amide bonds. The summed E-state index contributed by atoms with van der Waals surface area (Å²) in [6.45, 7) is 0.543. The van der Waals surface area contributed by atoms with Gasteiger partial charge in [-0.15, -0.1) is 11.3 Å². The van der Waals surface area contributed by atoms with Crippen LogP contribution in [0.3, 0.4) is 0 Å². The number of nitrogens with one attached hydrogen (secondary N) is 1. The van der Waals surface area contributed by atoms with Crippen LogP contribution in [-0.4, -0.2) is 12.2 Å². The lowest BCUT2D eigenvalue weighted by Gasteiger charge is -2.31. The highest BCUT2D eigenvalue weighted by Crippen LogP contribution is 2.37. The van der Waals surface area contributed by atoms with Crippen LogP contribution in [0.1, 0.15) is 36.1 Å². The van der Waals surface area contributed by atoms with Gasteiger partial charge >= 0.3 is 6.18 Å². The third-order valence-electron chi connectivity index (χ3n) is 3.48. The molecule has 1 aliphatic carbocycles. The summed E-state index contributed by atoms with van der Waals surface area (Å²) < 4.78 is 38.0. The van der Waals surface area contributed by atoms with Crippen molar-refractivity contribution in [1.82, 2.24) is 5.32 Å². The molecule has 1 saturated carbocycles. The summed E-state index contributed by atoms with van der Waals surface area (Å²) in [6, 6.07) is 3.75. The highest BCUT2D eigenvalue weighted by Gasteiger charge is 2.41. The van der Waals surface area contributed by atoms with Crippen molar-refractivity contribution in [3.63, 3.8) is 0 Å². The molecular weight excluding hydrogens is 273 g/mol. The Labute approximate surface area is 114 Å². The summed E-state index contributed by atoms with van der Waals surface area (Å²) in [6.07, 6.45) is -2.24. The van der Waals surface area contributed by atoms with Gasteiger partial charge in [-0.05, 0) is 25.3 Å². The Balaban J connectivity index is 1.84. The van der Waals surface area contributed by atoms with E-state index in [4.69, 9.17) is 5.26 Å². The Morgan fingerprint density at radius 1 is 1.42 bits per heavy atom. The fourth-order valence-corrected chi connectivity index (χ4v) is 3.21. The summed E-state index contributed by atoms with van der Waals surface area (Å²) in [7, 11) is 0. The molecule has 1 heterocycles. The molecule has 0 spiro atoms. The first-order valence-corrected chi connectivity index (χ1v) is 7.14. The minimum absolute atomic E-state index is 0.0759. The summed E-state index contributed by atoms with van der Waals surface area (Å²) in [5.74, 6) is -1.17. The molecular formula is C13H15F3N2S. The number of thiophene rings is 1. The lowest BCUT2D eigenvalue weighted by atomic mass is 9.85. The zero-order chi connectivity index (χ0) is 13.9. The van der Waals surface area contributed by atoms with Gasteiger partial charge in [0.1, 0.15) is 6.07 Å². The van der Waals surface area contributed by atoms with Crippen LogP contribution < -0.4 is 5.32 Å². The maximum absolute atomic E-state index is 12.7. The second-order valence-electron chi connectivity index (χ2n) is 4.90. The van der Waals surface area contributed by atoms with Crippen LogP contribution in [0.25, 0.3) is 0 Å². The van der Waals surface area contributed by atoms with Crippen LogP contribution >= 0.6 is 11.3 Å². The number of halogens is 3. The van der Waals surface area contributed by atoms with Gasteiger partial charge in [0, 0.05) is 22.8 Å². The molecule has 0 radical (unpaired) electrons. The van der Waals surface area contributed by atoms with E-state index in [9.17, 15) is 13.2 Å². The average molecular weight is 288 g/mol. The van der Waals surface area contributed by atoms with Crippen LogP contribution in [0.15, 0.2) is 11.4 Å². The van der Waals surface area contributed by atoms with Gasteiger partial charge in [0.05, 0.1) is 11.5 Å². The minimum atomic E-state index is -4.07. The van der Waals surface area contributed by atoms with Crippen LogP contribution in [0, 0.1) is 17.2 Å². The molecule has 6 heteroatoms. The van der Waals surface area contributed by atoms with Crippen LogP contribution in [0.4, 0.5) is 13.2 Å². The normalized spacial score (nSPS) is 24.1. The van der Waals surface area contributed by atoms with Gasteiger partial charge < -0.3 is 5.32 Å². The molecule has 2 nitrogen and oxygen atoms in total. The largest absolute Gasteiger partial charge is 0.391 e. The van der Waals surface area contributed by atoms with Crippen LogP contribution in [0.2, 0.25) is 0 Å². The number of rotatable bonds is 3. The molecule has 0 saturated heterocycles. The van der Waals surface area contributed by atoms with Crippen molar-refractivity contribution < 1.29 is 13.2 Å². The molecule has 1 aromatic heterocycles. The highest BCUT2D eigenvalue weighted by atomic mass is 32.1. The number of hydrogen-bond acceptors (Lipinski definition) is 3. The van der Waals surface area contributed by atoms with Gasteiger partial charge in [-0.3, -0.25) is 0 Å². The first-order valence-electron chi connectivity index (χ1n) is 6.26. The number of nitrogens with zero attached hydrogens (tertiary/aromatic N) is 1. The van der Waals surface area contributed by atoms with E-state index in [1.165, 1.54) is 11.3 Å². The van der Waals surface area contributed by atoms with E-state index in [1.807, 2.05) is 6.07 Å². The average Bonchev–Trinajstić information content (AvgIpc) is 2.84. The highest BCUT2D eigenvalue weighted by molar-refractivity contribution is 7.10. The second-order valence-corrected chi connectivity index (χ2v) is 5.89. The van der Waals surface area contributed by atoms with E-state index >= 15 is 0 Å². The van der Waals surface area contributed by atoms with E-state index in [1.54, 1.807) is 11.4 Å². The van der Waals surface area contributed by atoms with Crippen molar-refractivity contribution in [1.29, 1.82) is 5.26 Å². The maximum Gasteiger partial charge on any atom is 0.391 e. The summed E-state index contributed by atoms with van der Waals surface area (Å²) in [5.41, 5.74) is 0.610. The predicted molar refractivity (Wildman–Crippen MR) is 67.7 cm³/mol. The minimum Gasteiger partial charge on any atom is -0.309 e. The van der Waals surface area contributed by atoms with Gasteiger partial charge in [-0.2, -0.15) is 18.4 Å². The van der Waals surface area contributed by atoms with E-state index < -0.39 is 12.1 Å². The Morgan fingerprint density at radius 3 is 2.84 bits per heavy atom. The summed E-state index contributed by atoms with van der Waals surface area (Å²) in [5, 5.41) is 13.6. The molecule has 104 valence electrons. The molecule has 1 aliphatic rings. The molecule has 19 heavy (non-hydrogen) atoms. The molecule has 1 fully saturated rings. The molecule has 0 aliphatic heterocycles. The molecule has 1 N–H and O–H groups in total. The lowest BCUT2D eigenvalue weighted by Crippen LogP contribution is -2.38. The lowest BCUT2D eigenvalue weighted by molar-refractivity contribution is -0.183. The van der Waals surface area contributed by atoms with Gasteiger partial charge in [0.25, 0.3) is 0 Å². The van der Waals surface area contributed by atoms with Crippen molar-refractivity contribution >= 4 is 11.3 Å². The first kappa shape index (κ1) is 14.4. The van der Waals surface area contributed by atoms with Gasteiger partial charge in [-0.1, -0.05) is 6.42 Å². The van der Waals surface area contributed by atoms with E-state index in [-0.39, 0.29) is 18.9 Å². The summed E-state index contributed by atoms with van der Waals surface area (Å²) >= 11 is 1.46. The molecule has 2 unspecified atom stereocenters. The first-order chi connectivity index (χ1) is 8.99. The molecule has 2 atom stereocenters. The zero-order valence-electron chi connectivity index (χ0n) is 10.3. The third-order valence-corrected chi connectivity index (χ3v) is 4.42. The van der Waals surface area contributed by atoms with Crippen LogP contribution in [0.5, 0.6) is 0 Å². The van der Waals surface area contributed by atoms with Crippen LogP contribution in [-0.2, 0) is 6.54 Å². The van der Waals surface area contributed by atoms with E-state index in [0.717, 1.165) is 11.3 Å². The van der Waals surface area contributed by atoms with E-state index in [0.29, 0.717) is 18.5 Å². The standard InChI is InChI=1S/C13H15F3N2S/c14-13(15,16)10-2-1-3-11(5-10)18-7-12-4-9(6-17)8-19-12/h4,8,10-11,18H,1-3,5,7H2. The van der Waals surface area contributed by atoms with Gasteiger partial charge in [0.15, 0.2) is 0 Å². The quantitative estimate of drug-likeness (QED) is 0.917. The fraction of sp³-hybridized carbons (Fsp3) is 0.615. The predicted octanol–water partition coefficient (Wildman–Crippen LogP) is 3.83. The SMILES string of the molecule is N#Cc1csc(CNC2CCCC(C(F)(F)F)C2)c1. The van der Waals surface area contributed by atoms with Crippen molar-refractivity contribution in [2.75, 3.05) is 0 Å². The van der Waals surface area contributed by atoms with Crippen molar-refractivity contribution in [3.05, 3.63) is 21.9 Å². The maximum atomic E-state index is 12.7. The monoisotopic (exact) mass is 288 g/mol. The number of hydrogen-bond donors (Lipinski definition) is 1. The molecule has 0 aromatic carbocycles. The van der Waals surface area contributed by atoms with Crippen molar-refractivity contribution in [2.45, 2.75) is 44.4 Å². The smallest absolute Gasteiger partial charge is 0.309 e. The zero-order valence-corrected chi connectivity index (χ0v) is 11.2. The van der Waals surface area contributed by atoms with Crippen molar-refractivity contribution in [2.24, 2.45) is 5.92 Å². The Kier molecular flexibility index (Phi) is 4.48. The Hall–Kier alpha value is -1.06. The molecule has 1 aromatic rings. The van der Waals surface area contributed by atoms with Crippen molar-refractivity contribution in [3.8, 4) is 6.07 Å². The topological polar surface area (TPSA) is 35.8 Å². The Bertz CT molecular complexity index is 461. The Morgan fingerprint density at radius 2 is 2.21 bits per heavy atom. The number of nitriles is 1. The summed E-state index contributed by atoms with van der Waals surface area (Å²) in [4.78, 5) is 0.991. The van der Waals surface area contributed by atoms with Gasteiger partial charge in [0.2, 0.25) is 0 Å². The van der Waals surface area contributed by atoms with Gasteiger partial charge in [-0.25, -0.2) is 0 Å². The van der Waals surface area contributed by atoms with E-state index in [2.05, 4.69) is 5.32 Å². The molecule has 2 rings (SSSR count).